The molecule has 0 spiro atoms. The average molecular weight is 345 g/mol. The quantitative estimate of drug-likeness (QED) is 0.772. The van der Waals surface area contributed by atoms with Gasteiger partial charge in [0.25, 0.3) is 0 Å². The molecule has 0 radical (unpaired) electrons. The third-order valence-corrected chi connectivity index (χ3v) is 4.11. The van der Waals surface area contributed by atoms with E-state index >= 15 is 0 Å². The number of ether oxygens (including phenoxy) is 1. The molecule has 0 fully saturated rings. The van der Waals surface area contributed by atoms with Crippen molar-refractivity contribution in [2.45, 2.75) is 19.5 Å². The van der Waals surface area contributed by atoms with Crippen molar-refractivity contribution in [1.29, 1.82) is 0 Å². The zero-order chi connectivity index (χ0) is 15.4. The lowest BCUT2D eigenvalue weighted by Crippen LogP contribution is -2.19. The lowest BCUT2D eigenvalue weighted by molar-refractivity contribution is 0.406. The van der Waals surface area contributed by atoms with E-state index in [1.165, 1.54) is 0 Å². The Morgan fingerprint density at radius 2 is 1.71 bits per heavy atom. The van der Waals surface area contributed by atoms with Gasteiger partial charge in [-0.1, -0.05) is 53.0 Å². The van der Waals surface area contributed by atoms with Crippen molar-refractivity contribution in [2.24, 2.45) is 0 Å². The highest BCUT2D eigenvalue weighted by Gasteiger charge is 2.15. The third kappa shape index (κ3) is 4.04. The summed E-state index contributed by atoms with van der Waals surface area (Å²) in [4.78, 5) is 0. The van der Waals surface area contributed by atoms with Gasteiger partial charge in [0, 0.05) is 38.8 Å². The molecular weight excluding hydrogens is 329 g/mol. The minimum atomic E-state index is -0.00724. The first-order valence-electron chi connectivity index (χ1n) is 6.52. The molecule has 2 nitrogen and oxygen atoms in total. The summed E-state index contributed by atoms with van der Waals surface area (Å²) in [5.74, 6) is 0.852. The molecule has 0 saturated carbocycles. The van der Waals surface area contributed by atoms with Gasteiger partial charge in [-0.25, -0.2) is 0 Å². The molecule has 5 heteroatoms. The van der Waals surface area contributed by atoms with Gasteiger partial charge in [0.2, 0.25) is 0 Å². The molecule has 0 aliphatic rings. The molecule has 0 bridgehead atoms. The van der Waals surface area contributed by atoms with E-state index in [1.54, 1.807) is 19.2 Å². The van der Waals surface area contributed by atoms with Gasteiger partial charge in [-0.15, -0.1) is 0 Å². The Morgan fingerprint density at radius 3 is 2.33 bits per heavy atom. The van der Waals surface area contributed by atoms with E-state index in [1.807, 2.05) is 31.2 Å². The van der Waals surface area contributed by atoms with Crippen molar-refractivity contribution in [3.8, 4) is 5.75 Å². The summed E-state index contributed by atoms with van der Waals surface area (Å²) in [6.07, 6.45) is 0. The molecule has 1 N–H and O–H groups in total. The summed E-state index contributed by atoms with van der Waals surface area (Å²) < 4.78 is 5.34. The fourth-order valence-electron chi connectivity index (χ4n) is 2.18. The molecule has 0 aliphatic carbocycles. The van der Waals surface area contributed by atoms with Gasteiger partial charge in [0.15, 0.2) is 0 Å². The summed E-state index contributed by atoms with van der Waals surface area (Å²) in [5.41, 5.74) is 1.92. The Labute approximate surface area is 140 Å². The topological polar surface area (TPSA) is 21.3 Å². The molecule has 2 aromatic rings. The summed E-state index contributed by atoms with van der Waals surface area (Å²) in [6, 6.07) is 11.3. The molecule has 0 amide bonds. The number of benzene rings is 2. The molecule has 0 saturated heterocycles. The molecule has 2 rings (SSSR count). The first-order valence-corrected chi connectivity index (χ1v) is 7.66. The number of para-hydroxylation sites is 1. The number of hydrogen-bond acceptors (Lipinski definition) is 2. The minimum Gasteiger partial charge on any atom is -0.496 e. The molecule has 21 heavy (non-hydrogen) atoms. The number of halogens is 3. The van der Waals surface area contributed by atoms with E-state index in [4.69, 9.17) is 39.5 Å². The third-order valence-electron chi connectivity index (χ3n) is 3.27. The van der Waals surface area contributed by atoms with E-state index in [2.05, 4.69) is 5.32 Å². The number of nitrogens with one attached hydrogen (secondary N) is 1. The number of methoxy groups -OCH3 is 1. The first-order chi connectivity index (χ1) is 10.0. The van der Waals surface area contributed by atoms with E-state index in [0.717, 1.165) is 16.9 Å². The standard InChI is InChI=1S/C16H16Cl3NO/c1-10(16-13(18)7-12(17)8-14(16)19)20-9-11-5-3-4-6-15(11)21-2/h3-8,10,20H,9H2,1-2H3. The molecule has 0 aliphatic heterocycles. The highest BCUT2D eigenvalue weighted by Crippen LogP contribution is 2.33. The zero-order valence-corrected chi connectivity index (χ0v) is 14.1. The van der Waals surface area contributed by atoms with E-state index in [9.17, 15) is 0 Å². The Bertz CT molecular complexity index is 608. The van der Waals surface area contributed by atoms with Crippen LogP contribution in [0.1, 0.15) is 24.1 Å². The predicted molar refractivity (Wildman–Crippen MR) is 89.7 cm³/mol. The maximum Gasteiger partial charge on any atom is 0.123 e. The Balaban J connectivity index is 2.14. The molecule has 1 unspecified atom stereocenters. The van der Waals surface area contributed by atoms with Crippen LogP contribution in [0.2, 0.25) is 15.1 Å². The van der Waals surface area contributed by atoms with Crippen LogP contribution >= 0.6 is 34.8 Å². The van der Waals surface area contributed by atoms with Crippen LogP contribution in [-0.4, -0.2) is 7.11 Å². The Kier molecular flexibility index (Phi) is 5.77. The minimum absolute atomic E-state index is 0.00724. The van der Waals surface area contributed by atoms with Crippen LogP contribution in [0.3, 0.4) is 0 Å². The van der Waals surface area contributed by atoms with E-state index in [0.29, 0.717) is 21.6 Å². The molecular formula is C16H16Cl3NO. The first kappa shape index (κ1) is 16.4. The number of hydrogen-bond donors (Lipinski definition) is 1. The van der Waals surface area contributed by atoms with Crippen LogP contribution in [0.15, 0.2) is 36.4 Å². The van der Waals surface area contributed by atoms with Gasteiger partial charge in [-0.3, -0.25) is 0 Å². The lowest BCUT2D eigenvalue weighted by atomic mass is 10.1. The van der Waals surface area contributed by atoms with Crippen molar-refractivity contribution < 1.29 is 4.74 Å². The monoisotopic (exact) mass is 343 g/mol. The summed E-state index contributed by atoms with van der Waals surface area (Å²) in [7, 11) is 1.66. The van der Waals surface area contributed by atoms with E-state index in [-0.39, 0.29) is 6.04 Å². The number of rotatable bonds is 5. The van der Waals surface area contributed by atoms with E-state index < -0.39 is 0 Å². The van der Waals surface area contributed by atoms with Crippen molar-refractivity contribution in [3.05, 3.63) is 62.6 Å². The second kappa shape index (κ2) is 7.37. The van der Waals surface area contributed by atoms with Gasteiger partial charge in [0.05, 0.1) is 7.11 Å². The smallest absolute Gasteiger partial charge is 0.123 e. The van der Waals surface area contributed by atoms with Gasteiger partial charge in [-0.2, -0.15) is 0 Å². The van der Waals surface area contributed by atoms with Crippen LogP contribution in [0.25, 0.3) is 0 Å². The molecule has 112 valence electrons. The molecule has 0 aromatic heterocycles. The van der Waals surface area contributed by atoms with Crippen LogP contribution in [0, 0.1) is 0 Å². The fourth-order valence-corrected chi connectivity index (χ4v) is 3.33. The molecule has 2 aromatic carbocycles. The van der Waals surface area contributed by atoms with Gasteiger partial charge in [0.1, 0.15) is 5.75 Å². The molecule has 1 atom stereocenters. The predicted octanol–water partition coefficient (Wildman–Crippen LogP) is 5.51. The highest BCUT2D eigenvalue weighted by molar-refractivity contribution is 6.39. The van der Waals surface area contributed by atoms with Crippen LogP contribution < -0.4 is 10.1 Å². The Morgan fingerprint density at radius 1 is 1.10 bits per heavy atom. The normalized spacial score (nSPS) is 12.2. The fraction of sp³-hybridized carbons (Fsp3) is 0.250. The SMILES string of the molecule is COc1ccccc1CNC(C)c1c(Cl)cc(Cl)cc1Cl. The van der Waals surface area contributed by atoms with Gasteiger partial charge in [-0.05, 0) is 25.1 Å². The average Bonchev–Trinajstić information content (AvgIpc) is 2.44. The van der Waals surface area contributed by atoms with Crippen molar-refractivity contribution in [2.75, 3.05) is 7.11 Å². The van der Waals surface area contributed by atoms with Crippen LogP contribution in [-0.2, 0) is 6.54 Å². The summed E-state index contributed by atoms with van der Waals surface area (Å²) in [5, 5.41) is 5.06. The lowest BCUT2D eigenvalue weighted by Gasteiger charge is -2.18. The second-order valence-electron chi connectivity index (χ2n) is 4.70. The van der Waals surface area contributed by atoms with Gasteiger partial charge < -0.3 is 10.1 Å². The second-order valence-corrected chi connectivity index (χ2v) is 5.95. The van der Waals surface area contributed by atoms with Crippen molar-refractivity contribution in [3.63, 3.8) is 0 Å². The molecule has 0 heterocycles. The van der Waals surface area contributed by atoms with Crippen molar-refractivity contribution in [1.82, 2.24) is 5.32 Å². The summed E-state index contributed by atoms with van der Waals surface area (Å²) >= 11 is 18.4. The Hall–Kier alpha value is -0.930. The zero-order valence-electron chi connectivity index (χ0n) is 11.8. The maximum atomic E-state index is 6.24. The van der Waals surface area contributed by atoms with Crippen molar-refractivity contribution >= 4 is 34.8 Å². The van der Waals surface area contributed by atoms with Crippen LogP contribution in [0.5, 0.6) is 5.75 Å². The largest absolute Gasteiger partial charge is 0.496 e. The van der Waals surface area contributed by atoms with Crippen LogP contribution in [0.4, 0.5) is 0 Å². The summed E-state index contributed by atoms with van der Waals surface area (Å²) in [6.45, 7) is 2.66. The maximum absolute atomic E-state index is 6.24. The van der Waals surface area contributed by atoms with Gasteiger partial charge >= 0.3 is 0 Å². The highest BCUT2D eigenvalue weighted by atomic mass is 35.5.